The molecule has 1 aliphatic heterocycles. The highest BCUT2D eigenvalue weighted by molar-refractivity contribution is 5.71. The fourth-order valence-corrected chi connectivity index (χ4v) is 4.18. The van der Waals surface area contributed by atoms with Crippen LogP contribution in [0.3, 0.4) is 0 Å². The number of ether oxygens (including phenoxy) is 2. The molecule has 0 spiro atoms. The van der Waals surface area contributed by atoms with E-state index in [9.17, 15) is 18.7 Å². The van der Waals surface area contributed by atoms with Gasteiger partial charge in [-0.05, 0) is 79.4 Å². The van der Waals surface area contributed by atoms with Gasteiger partial charge in [-0.25, -0.2) is 8.78 Å². The predicted octanol–water partition coefficient (Wildman–Crippen LogP) is 4.98. The number of halogens is 2. The van der Waals surface area contributed by atoms with Crippen LogP contribution in [-0.4, -0.2) is 24.2 Å². The number of aliphatic carboxylic acids is 1. The second-order valence-electron chi connectivity index (χ2n) is 8.51. The standard InChI is InChI=1S/C27H27F2NO4/c28-22-8-7-21(26(29)14-22)17-34-24-6-2-4-19(12-24)16-33-23-5-1-3-18(11-23)13-25(27(31)32)20-9-10-30-15-20/h1-8,11-12,14,20,25,30H,9-10,13,15-17H2,(H,31,32)/t20-,25-/m0/s1. The summed E-state index contributed by atoms with van der Waals surface area (Å²) < 4.78 is 38.5. The number of benzene rings is 3. The molecule has 0 aliphatic carbocycles. The first-order chi connectivity index (χ1) is 16.5. The Morgan fingerprint density at radius 3 is 2.35 bits per heavy atom. The van der Waals surface area contributed by atoms with E-state index in [4.69, 9.17) is 9.47 Å². The Balaban J connectivity index is 1.35. The van der Waals surface area contributed by atoms with E-state index < -0.39 is 23.5 Å². The van der Waals surface area contributed by atoms with Crippen molar-refractivity contribution in [3.05, 3.63) is 95.1 Å². The molecule has 1 fully saturated rings. The molecule has 34 heavy (non-hydrogen) atoms. The van der Waals surface area contributed by atoms with Crippen LogP contribution in [-0.2, 0) is 24.4 Å². The second-order valence-corrected chi connectivity index (χ2v) is 8.51. The summed E-state index contributed by atoms with van der Waals surface area (Å²) in [4.78, 5) is 11.8. The fraction of sp³-hybridized carbons (Fsp3) is 0.296. The van der Waals surface area contributed by atoms with E-state index in [1.165, 1.54) is 12.1 Å². The molecule has 7 heteroatoms. The molecule has 2 N–H and O–H groups in total. The van der Waals surface area contributed by atoms with Crippen LogP contribution < -0.4 is 14.8 Å². The van der Waals surface area contributed by atoms with E-state index >= 15 is 0 Å². The average Bonchev–Trinajstić information content (AvgIpc) is 3.36. The highest BCUT2D eigenvalue weighted by Crippen LogP contribution is 2.26. The zero-order chi connectivity index (χ0) is 23.9. The van der Waals surface area contributed by atoms with Gasteiger partial charge in [0.1, 0.15) is 36.3 Å². The monoisotopic (exact) mass is 467 g/mol. The number of carbonyl (C=O) groups is 1. The minimum atomic E-state index is -0.766. The van der Waals surface area contributed by atoms with Crippen molar-refractivity contribution in [2.45, 2.75) is 26.1 Å². The number of carboxylic acids is 1. The summed E-state index contributed by atoms with van der Waals surface area (Å²) in [5.74, 6) is -1.12. The Hall–Kier alpha value is -3.45. The first kappa shape index (κ1) is 23.7. The lowest BCUT2D eigenvalue weighted by atomic mass is 9.86. The van der Waals surface area contributed by atoms with Crippen molar-refractivity contribution < 1.29 is 28.2 Å². The van der Waals surface area contributed by atoms with Gasteiger partial charge >= 0.3 is 5.97 Å². The topological polar surface area (TPSA) is 67.8 Å². The normalized spacial score (nSPS) is 16.2. The summed E-state index contributed by atoms with van der Waals surface area (Å²) in [7, 11) is 0. The van der Waals surface area contributed by atoms with Crippen LogP contribution in [0, 0.1) is 23.5 Å². The third kappa shape index (κ3) is 6.32. The van der Waals surface area contributed by atoms with E-state index in [0.717, 1.165) is 36.7 Å². The maximum Gasteiger partial charge on any atom is 0.307 e. The van der Waals surface area contributed by atoms with Crippen LogP contribution in [0.1, 0.15) is 23.1 Å². The molecule has 0 aromatic heterocycles. The molecule has 1 saturated heterocycles. The van der Waals surface area contributed by atoms with Crippen molar-refractivity contribution in [2.24, 2.45) is 11.8 Å². The van der Waals surface area contributed by atoms with Gasteiger partial charge in [-0.3, -0.25) is 4.79 Å². The first-order valence-electron chi connectivity index (χ1n) is 11.3. The molecule has 0 saturated carbocycles. The van der Waals surface area contributed by atoms with Gasteiger partial charge in [0.05, 0.1) is 5.92 Å². The minimum absolute atomic E-state index is 0.0142. The Kier molecular flexibility index (Phi) is 7.75. The van der Waals surface area contributed by atoms with Gasteiger partial charge in [0.25, 0.3) is 0 Å². The summed E-state index contributed by atoms with van der Waals surface area (Å²) in [6, 6.07) is 18.2. The molecule has 178 valence electrons. The number of carboxylic acid groups (broad SMARTS) is 1. The van der Waals surface area contributed by atoms with E-state index in [2.05, 4.69) is 5.32 Å². The summed E-state index contributed by atoms with van der Waals surface area (Å²) in [5, 5.41) is 12.9. The van der Waals surface area contributed by atoms with Gasteiger partial charge in [0.2, 0.25) is 0 Å². The zero-order valence-corrected chi connectivity index (χ0v) is 18.7. The molecule has 3 aromatic rings. The Labute approximate surface area is 197 Å². The average molecular weight is 468 g/mol. The minimum Gasteiger partial charge on any atom is -0.489 e. The highest BCUT2D eigenvalue weighted by atomic mass is 19.1. The van der Waals surface area contributed by atoms with Crippen molar-refractivity contribution in [1.29, 1.82) is 0 Å². The van der Waals surface area contributed by atoms with Crippen LogP contribution in [0.2, 0.25) is 0 Å². The van der Waals surface area contributed by atoms with Crippen LogP contribution in [0.4, 0.5) is 8.78 Å². The van der Waals surface area contributed by atoms with Gasteiger partial charge in [-0.2, -0.15) is 0 Å². The molecule has 5 nitrogen and oxygen atoms in total. The second kappa shape index (κ2) is 11.1. The van der Waals surface area contributed by atoms with Crippen molar-refractivity contribution >= 4 is 5.97 Å². The summed E-state index contributed by atoms with van der Waals surface area (Å²) in [5.41, 5.74) is 2.06. The summed E-state index contributed by atoms with van der Waals surface area (Å²) in [6.45, 7) is 1.87. The lowest BCUT2D eigenvalue weighted by molar-refractivity contribution is -0.143. The smallest absolute Gasteiger partial charge is 0.307 e. The van der Waals surface area contributed by atoms with E-state index in [0.29, 0.717) is 24.5 Å². The molecule has 3 aromatic carbocycles. The van der Waals surface area contributed by atoms with Crippen LogP contribution in [0.25, 0.3) is 0 Å². The first-order valence-corrected chi connectivity index (χ1v) is 11.3. The third-order valence-corrected chi connectivity index (χ3v) is 6.05. The molecule has 0 radical (unpaired) electrons. The van der Waals surface area contributed by atoms with Gasteiger partial charge < -0.3 is 19.9 Å². The molecule has 4 rings (SSSR count). The van der Waals surface area contributed by atoms with Crippen LogP contribution in [0.15, 0.2) is 66.7 Å². The molecular formula is C27H27F2NO4. The molecule has 2 atom stereocenters. The van der Waals surface area contributed by atoms with Gasteiger partial charge in [-0.15, -0.1) is 0 Å². The molecule has 0 amide bonds. The Morgan fingerprint density at radius 2 is 1.68 bits per heavy atom. The SMILES string of the molecule is O=C(O)[C@@H](Cc1cccc(OCc2cccc(OCc3ccc(F)cc3F)c2)c1)[C@H]1CCNC1. The van der Waals surface area contributed by atoms with E-state index in [1.54, 1.807) is 12.1 Å². The Bertz CT molecular complexity index is 1130. The molecule has 1 aliphatic rings. The van der Waals surface area contributed by atoms with Crippen molar-refractivity contribution in [2.75, 3.05) is 13.1 Å². The lowest BCUT2D eigenvalue weighted by Gasteiger charge is -2.19. The van der Waals surface area contributed by atoms with Crippen LogP contribution >= 0.6 is 0 Å². The number of rotatable bonds is 10. The molecule has 0 unspecified atom stereocenters. The zero-order valence-electron chi connectivity index (χ0n) is 18.7. The van der Waals surface area contributed by atoms with Crippen molar-refractivity contribution in [3.63, 3.8) is 0 Å². The maximum atomic E-state index is 13.8. The fourth-order valence-electron chi connectivity index (χ4n) is 4.18. The van der Waals surface area contributed by atoms with Crippen molar-refractivity contribution in [3.8, 4) is 11.5 Å². The Morgan fingerprint density at radius 1 is 0.971 bits per heavy atom. The largest absolute Gasteiger partial charge is 0.489 e. The quantitative estimate of drug-likeness (QED) is 0.441. The lowest BCUT2D eigenvalue weighted by Crippen LogP contribution is -2.27. The van der Waals surface area contributed by atoms with Crippen LogP contribution in [0.5, 0.6) is 11.5 Å². The van der Waals surface area contributed by atoms with Gasteiger partial charge in [-0.1, -0.05) is 24.3 Å². The number of hydrogen-bond acceptors (Lipinski definition) is 4. The van der Waals surface area contributed by atoms with Gasteiger partial charge in [0, 0.05) is 11.6 Å². The highest BCUT2D eigenvalue weighted by Gasteiger charge is 2.30. The van der Waals surface area contributed by atoms with Gasteiger partial charge in [0.15, 0.2) is 0 Å². The van der Waals surface area contributed by atoms with E-state index in [1.807, 2.05) is 36.4 Å². The number of nitrogens with one attached hydrogen (secondary N) is 1. The molecule has 1 heterocycles. The predicted molar refractivity (Wildman–Crippen MR) is 124 cm³/mol. The number of hydrogen-bond donors (Lipinski definition) is 2. The maximum absolute atomic E-state index is 13.8. The summed E-state index contributed by atoms with van der Waals surface area (Å²) in [6.07, 6.45) is 1.33. The third-order valence-electron chi connectivity index (χ3n) is 6.05. The summed E-state index contributed by atoms with van der Waals surface area (Å²) >= 11 is 0. The van der Waals surface area contributed by atoms with E-state index in [-0.39, 0.29) is 18.1 Å². The molecular weight excluding hydrogens is 440 g/mol. The molecule has 0 bridgehead atoms. The van der Waals surface area contributed by atoms with Crippen molar-refractivity contribution in [1.82, 2.24) is 5.32 Å².